The predicted molar refractivity (Wildman–Crippen MR) is 102 cm³/mol. The molecule has 0 aliphatic heterocycles. The fraction of sp³-hybridized carbons (Fsp3) is 0.350. The molecule has 0 heterocycles. The molecule has 7 heteroatoms. The molecule has 1 unspecified atom stereocenters. The van der Waals surface area contributed by atoms with Gasteiger partial charge in [0.05, 0.1) is 6.54 Å². The van der Waals surface area contributed by atoms with Crippen LogP contribution in [0.4, 0.5) is 8.78 Å². The number of guanidine groups is 1. The van der Waals surface area contributed by atoms with Crippen molar-refractivity contribution in [1.29, 1.82) is 0 Å². The van der Waals surface area contributed by atoms with E-state index in [0.29, 0.717) is 24.8 Å². The summed E-state index contributed by atoms with van der Waals surface area (Å²) in [4.78, 5) is 4.33. The average molecular weight is 377 g/mol. The SMILES string of the molecule is CCNC(=NCC(O)COc1ccc(F)cc1)NCCc1ccc(F)cc1. The highest BCUT2D eigenvalue weighted by atomic mass is 19.1. The lowest BCUT2D eigenvalue weighted by molar-refractivity contribution is 0.114. The predicted octanol–water partition coefficient (Wildman–Crippen LogP) is 2.50. The molecule has 27 heavy (non-hydrogen) atoms. The van der Waals surface area contributed by atoms with Crippen LogP contribution in [0.3, 0.4) is 0 Å². The van der Waals surface area contributed by atoms with E-state index in [-0.39, 0.29) is 24.8 Å². The van der Waals surface area contributed by atoms with Crippen molar-refractivity contribution in [2.24, 2.45) is 4.99 Å². The van der Waals surface area contributed by atoms with E-state index in [1.54, 1.807) is 12.1 Å². The first kappa shape index (κ1) is 20.6. The Morgan fingerprint density at radius 1 is 1.04 bits per heavy atom. The van der Waals surface area contributed by atoms with Gasteiger partial charge in [-0.2, -0.15) is 0 Å². The number of halogens is 2. The van der Waals surface area contributed by atoms with Crippen molar-refractivity contribution >= 4 is 5.96 Å². The van der Waals surface area contributed by atoms with Crippen molar-refractivity contribution in [3.63, 3.8) is 0 Å². The number of rotatable bonds is 9. The molecule has 0 bridgehead atoms. The Morgan fingerprint density at radius 2 is 1.67 bits per heavy atom. The molecular formula is C20H25F2N3O2. The number of aliphatic imine (C=N–C) groups is 1. The van der Waals surface area contributed by atoms with Gasteiger partial charge in [-0.05, 0) is 55.3 Å². The van der Waals surface area contributed by atoms with Crippen LogP contribution in [0.1, 0.15) is 12.5 Å². The molecular weight excluding hydrogens is 352 g/mol. The largest absolute Gasteiger partial charge is 0.491 e. The van der Waals surface area contributed by atoms with Crippen LogP contribution in [0.15, 0.2) is 53.5 Å². The van der Waals surface area contributed by atoms with E-state index in [1.165, 1.54) is 36.4 Å². The van der Waals surface area contributed by atoms with Crippen molar-refractivity contribution in [2.75, 3.05) is 26.2 Å². The third-order valence-corrected chi connectivity index (χ3v) is 3.68. The summed E-state index contributed by atoms with van der Waals surface area (Å²) in [6, 6.07) is 12.0. The van der Waals surface area contributed by atoms with Gasteiger partial charge in [-0.1, -0.05) is 12.1 Å². The summed E-state index contributed by atoms with van der Waals surface area (Å²) in [7, 11) is 0. The number of aliphatic hydroxyl groups is 1. The van der Waals surface area contributed by atoms with Crippen LogP contribution in [-0.4, -0.2) is 43.4 Å². The third kappa shape index (κ3) is 8.04. The molecule has 2 aromatic rings. The number of hydrogen-bond donors (Lipinski definition) is 3. The first-order valence-electron chi connectivity index (χ1n) is 8.90. The minimum atomic E-state index is -0.789. The Bertz CT molecular complexity index is 706. The number of ether oxygens (including phenoxy) is 1. The van der Waals surface area contributed by atoms with Crippen LogP contribution in [0.5, 0.6) is 5.75 Å². The molecule has 0 spiro atoms. The highest BCUT2D eigenvalue weighted by Crippen LogP contribution is 2.11. The van der Waals surface area contributed by atoms with E-state index in [1.807, 2.05) is 6.92 Å². The normalized spacial score (nSPS) is 12.5. The Morgan fingerprint density at radius 3 is 2.30 bits per heavy atom. The number of nitrogens with one attached hydrogen (secondary N) is 2. The maximum atomic E-state index is 12.9. The second-order valence-corrected chi connectivity index (χ2v) is 5.94. The number of hydrogen-bond acceptors (Lipinski definition) is 3. The van der Waals surface area contributed by atoms with Crippen LogP contribution in [0.25, 0.3) is 0 Å². The average Bonchev–Trinajstić information content (AvgIpc) is 2.67. The second kappa shape index (κ2) is 11.1. The van der Waals surface area contributed by atoms with E-state index >= 15 is 0 Å². The van der Waals surface area contributed by atoms with Gasteiger partial charge in [-0.3, -0.25) is 4.99 Å². The van der Waals surface area contributed by atoms with Crippen molar-refractivity contribution in [2.45, 2.75) is 19.4 Å². The molecule has 0 aliphatic rings. The molecule has 2 aromatic carbocycles. The molecule has 146 valence electrons. The van der Waals surface area contributed by atoms with Crippen LogP contribution in [-0.2, 0) is 6.42 Å². The highest BCUT2D eigenvalue weighted by molar-refractivity contribution is 5.79. The highest BCUT2D eigenvalue weighted by Gasteiger charge is 2.06. The summed E-state index contributed by atoms with van der Waals surface area (Å²) in [5, 5.41) is 16.3. The van der Waals surface area contributed by atoms with Gasteiger partial charge in [0.1, 0.15) is 30.1 Å². The van der Waals surface area contributed by atoms with Gasteiger partial charge in [0.2, 0.25) is 0 Å². The maximum absolute atomic E-state index is 12.9. The van der Waals surface area contributed by atoms with Crippen LogP contribution < -0.4 is 15.4 Å². The number of nitrogens with zero attached hydrogens (tertiary/aromatic N) is 1. The van der Waals surface area contributed by atoms with Gasteiger partial charge in [-0.25, -0.2) is 8.78 Å². The van der Waals surface area contributed by atoms with Gasteiger partial charge in [0.15, 0.2) is 5.96 Å². The Kier molecular flexibility index (Phi) is 8.51. The van der Waals surface area contributed by atoms with E-state index in [2.05, 4.69) is 15.6 Å². The maximum Gasteiger partial charge on any atom is 0.191 e. The Labute approximate surface area is 158 Å². The molecule has 2 rings (SSSR count). The van der Waals surface area contributed by atoms with Crippen LogP contribution >= 0.6 is 0 Å². The van der Waals surface area contributed by atoms with E-state index < -0.39 is 6.10 Å². The lowest BCUT2D eigenvalue weighted by Crippen LogP contribution is -2.39. The lowest BCUT2D eigenvalue weighted by Gasteiger charge is -2.14. The molecule has 5 nitrogen and oxygen atoms in total. The zero-order valence-corrected chi connectivity index (χ0v) is 15.3. The van der Waals surface area contributed by atoms with Gasteiger partial charge >= 0.3 is 0 Å². The number of aliphatic hydroxyl groups excluding tert-OH is 1. The summed E-state index contributed by atoms with van der Waals surface area (Å²) in [6.45, 7) is 3.48. The zero-order valence-electron chi connectivity index (χ0n) is 15.3. The molecule has 0 aliphatic carbocycles. The quantitative estimate of drug-likeness (QED) is 0.464. The van der Waals surface area contributed by atoms with Gasteiger partial charge in [-0.15, -0.1) is 0 Å². The summed E-state index contributed by atoms with van der Waals surface area (Å²) >= 11 is 0. The standard InChI is InChI=1S/C20H25F2N3O2/c1-2-23-20(24-12-11-15-3-5-16(21)6-4-15)25-13-18(26)14-27-19-9-7-17(22)8-10-19/h3-10,18,26H,2,11-14H2,1H3,(H2,23,24,25). The second-order valence-electron chi connectivity index (χ2n) is 5.94. The van der Waals surface area contributed by atoms with Gasteiger partial charge < -0.3 is 20.5 Å². The minimum absolute atomic E-state index is 0.0596. The smallest absolute Gasteiger partial charge is 0.191 e. The van der Waals surface area contributed by atoms with Gasteiger partial charge in [0.25, 0.3) is 0 Å². The molecule has 0 aromatic heterocycles. The van der Waals surface area contributed by atoms with E-state index in [0.717, 1.165) is 12.0 Å². The Hall–Kier alpha value is -2.67. The van der Waals surface area contributed by atoms with Crippen molar-refractivity contribution in [3.8, 4) is 5.75 Å². The molecule has 0 saturated carbocycles. The lowest BCUT2D eigenvalue weighted by atomic mass is 10.1. The molecule has 1 atom stereocenters. The summed E-state index contributed by atoms with van der Waals surface area (Å²) < 4.78 is 31.2. The first-order chi connectivity index (χ1) is 13.1. The molecule has 0 amide bonds. The van der Waals surface area contributed by atoms with E-state index in [4.69, 9.17) is 4.74 Å². The van der Waals surface area contributed by atoms with Crippen LogP contribution in [0.2, 0.25) is 0 Å². The summed E-state index contributed by atoms with van der Waals surface area (Å²) in [5.74, 6) is 0.483. The zero-order chi connectivity index (χ0) is 19.5. The van der Waals surface area contributed by atoms with Crippen molar-refractivity contribution < 1.29 is 18.6 Å². The summed E-state index contributed by atoms with van der Waals surface area (Å²) in [5.41, 5.74) is 1.02. The number of benzene rings is 2. The van der Waals surface area contributed by atoms with E-state index in [9.17, 15) is 13.9 Å². The topological polar surface area (TPSA) is 65.9 Å². The van der Waals surface area contributed by atoms with Gasteiger partial charge in [0, 0.05) is 13.1 Å². The van der Waals surface area contributed by atoms with Crippen molar-refractivity contribution in [3.05, 3.63) is 65.7 Å². The molecule has 0 radical (unpaired) electrons. The fourth-order valence-corrected chi connectivity index (χ4v) is 2.29. The Balaban J connectivity index is 1.75. The fourth-order valence-electron chi connectivity index (χ4n) is 2.29. The summed E-state index contributed by atoms with van der Waals surface area (Å²) in [6.07, 6.45) is -0.0661. The van der Waals surface area contributed by atoms with Crippen molar-refractivity contribution in [1.82, 2.24) is 10.6 Å². The molecule has 3 N–H and O–H groups in total. The first-order valence-corrected chi connectivity index (χ1v) is 8.90. The monoisotopic (exact) mass is 377 g/mol. The van der Waals surface area contributed by atoms with Crippen LogP contribution in [0, 0.1) is 11.6 Å². The minimum Gasteiger partial charge on any atom is -0.491 e. The molecule has 0 fully saturated rings. The third-order valence-electron chi connectivity index (χ3n) is 3.68. The molecule has 0 saturated heterocycles.